The van der Waals surface area contributed by atoms with Gasteiger partial charge in [0.1, 0.15) is 5.75 Å². The van der Waals surface area contributed by atoms with Gasteiger partial charge in [0.2, 0.25) is 0 Å². The predicted molar refractivity (Wildman–Crippen MR) is 71.4 cm³/mol. The second-order valence-corrected chi connectivity index (χ2v) is 4.19. The molecule has 104 valence electrons. The van der Waals surface area contributed by atoms with E-state index in [1.807, 2.05) is 0 Å². The van der Waals surface area contributed by atoms with E-state index in [1.165, 1.54) is 0 Å². The van der Waals surface area contributed by atoms with Crippen molar-refractivity contribution in [2.75, 3.05) is 13.7 Å². The lowest BCUT2D eigenvalue weighted by atomic mass is 10.2. The van der Waals surface area contributed by atoms with Gasteiger partial charge in [-0.15, -0.1) is 0 Å². The first-order valence-electron chi connectivity index (χ1n) is 6.27. The van der Waals surface area contributed by atoms with Crippen molar-refractivity contribution in [3.8, 4) is 5.75 Å². The Morgan fingerprint density at radius 2 is 1.84 bits per heavy atom. The van der Waals surface area contributed by atoms with E-state index in [1.54, 1.807) is 31.4 Å². The topological polar surface area (TPSA) is 75.6 Å². The lowest BCUT2D eigenvalue weighted by molar-refractivity contribution is -0.137. The number of carboxylic acids is 1. The predicted octanol–water partition coefficient (Wildman–Crippen LogP) is 2.07. The number of benzene rings is 1. The second kappa shape index (κ2) is 8.13. The van der Waals surface area contributed by atoms with E-state index in [4.69, 9.17) is 9.84 Å². The van der Waals surface area contributed by atoms with Crippen LogP contribution in [0.2, 0.25) is 0 Å². The molecule has 0 heterocycles. The van der Waals surface area contributed by atoms with Crippen LogP contribution in [0.4, 0.5) is 0 Å². The lowest BCUT2D eigenvalue weighted by Gasteiger charge is -2.05. The minimum Gasteiger partial charge on any atom is -0.497 e. The Morgan fingerprint density at radius 1 is 1.16 bits per heavy atom. The largest absolute Gasteiger partial charge is 0.497 e. The summed E-state index contributed by atoms with van der Waals surface area (Å²) in [6.45, 7) is 0.560. The highest BCUT2D eigenvalue weighted by Gasteiger charge is 2.04. The molecular formula is C14H19NO4. The highest BCUT2D eigenvalue weighted by atomic mass is 16.5. The number of methoxy groups -OCH3 is 1. The summed E-state index contributed by atoms with van der Waals surface area (Å²) in [5, 5.41) is 11.3. The molecule has 5 nitrogen and oxygen atoms in total. The number of carbonyl (C=O) groups excluding carboxylic acids is 1. The number of hydrogen-bond acceptors (Lipinski definition) is 3. The van der Waals surface area contributed by atoms with Crippen molar-refractivity contribution in [3.05, 3.63) is 29.8 Å². The first-order chi connectivity index (χ1) is 9.13. The molecular weight excluding hydrogens is 246 g/mol. The van der Waals surface area contributed by atoms with Gasteiger partial charge in [0.15, 0.2) is 0 Å². The number of carboxylic acid groups (broad SMARTS) is 1. The van der Waals surface area contributed by atoms with Crippen molar-refractivity contribution in [3.63, 3.8) is 0 Å². The average Bonchev–Trinajstić information content (AvgIpc) is 2.42. The van der Waals surface area contributed by atoms with Crippen molar-refractivity contribution >= 4 is 11.9 Å². The highest BCUT2D eigenvalue weighted by molar-refractivity contribution is 5.94. The van der Waals surface area contributed by atoms with Gasteiger partial charge in [-0.2, -0.15) is 0 Å². The van der Waals surface area contributed by atoms with E-state index < -0.39 is 5.97 Å². The molecule has 1 aromatic rings. The van der Waals surface area contributed by atoms with Gasteiger partial charge in [-0.3, -0.25) is 9.59 Å². The Hall–Kier alpha value is -2.04. The molecule has 0 bridgehead atoms. The van der Waals surface area contributed by atoms with Crippen molar-refractivity contribution in [1.82, 2.24) is 5.32 Å². The van der Waals surface area contributed by atoms with Crippen LogP contribution in [0.3, 0.4) is 0 Å². The van der Waals surface area contributed by atoms with E-state index in [2.05, 4.69) is 5.32 Å². The molecule has 0 aromatic heterocycles. The Morgan fingerprint density at radius 3 is 2.42 bits per heavy atom. The zero-order valence-electron chi connectivity index (χ0n) is 11.0. The maximum Gasteiger partial charge on any atom is 0.303 e. The van der Waals surface area contributed by atoms with E-state index >= 15 is 0 Å². The third kappa shape index (κ3) is 5.90. The molecule has 0 aliphatic rings. The molecule has 0 unspecified atom stereocenters. The number of carbonyl (C=O) groups is 2. The van der Waals surface area contributed by atoms with Gasteiger partial charge >= 0.3 is 5.97 Å². The summed E-state index contributed by atoms with van der Waals surface area (Å²) in [6.07, 6.45) is 2.42. The number of nitrogens with one attached hydrogen (secondary N) is 1. The van der Waals surface area contributed by atoms with Gasteiger partial charge in [-0.05, 0) is 37.1 Å². The zero-order chi connectivity index (χ0) is 14.1. The van der Waals surface area contributed by atoms with Crippen LogP contribution < -0.4 is 10.1 Å². The Kier molecular flexibility index (Phi) is 6.43. The molecule has 1 amide bonds. The first-order valence-corrected chi connectivity index (χ1v) is 6.27. The van der Waals surface area contributed by atoms with E-state index in [0.29, 0.717) is 24.3 Å². The van der Waals surface area contributed by atoms with Crippen LogP contribution in [0, 0.1) is 0 Å². The van der Waals surface area contributed by atoms with Crippen molar-refractivity contribution < 1.29 is 19.4 Å². The molecule has 0 spiro atoms. The van der Waals surface area contributed by atoms with Gasteiger partial charge in [0.25, 0.3) is 5.91 Å². The normalized spacial score (nSPS) is 9.95. The number of amides is 1. The summed E-state index contributed by atoms with van der Waals surface area (Å²) in [5.41, 5.74) is 0.589. The first kappa shape index (κ1) is 15.0. The van der Waals surface area contributed by atoms with Crippen LogP contribution in [0.25, 0.3) is 0 Å². The van der Waals surface area contributed by atoms with Gasteiger partial charge in [-0.25, -0.2) is 0 Å². The number of unbranched alkanes of at least 4 members (excludes halogenated alkanes) is 2. The lowest BCUT2D eigenvalue weighted by Crippen LogP contribution is -2.24. The monoisotopic (exact) mass is 265 g/mol. The molecule has 0 saturated carbocycles. The molecule has 1 rings (SSSR count). The van der Waals surface area contributed by atoms with E-state index in [9.17, 15) is 9.59 Å². The molecule has 0 aliphatic carbocycles. The molecule has 2 N–H and O–H groups in total. The minimum absolute atomic E-state index is 0.124. The fraction of sp³-hybridized carbons (Fsp3) is 0.429. The SMILES string of the molecule is COc1ccc(C(=O)NCCCCCC(=O)O)cc1. The van der Waals surface area contributed by atoms with Crippen LogP contribution in [-0.2, 0) is 4.79 Å². The molecule has 19 heavy (non-hydrogen) atoms. The standard InChI is InChI=1S/C14H19NO4/c1-19-12-8-6-11(7-9-12)14(18)15-10-4-2-3-5-13(16)17/h6-9H,2-5,10H2,1H3,(H,15,18)(H,16,17). The molecule has 1 aromatic carbocycles. The van der Waals surface area contributed by atoms with Gasteiger partial charge < -0.3 is 15.2 Å². The van der Waals surface area contributed by atoms with Crippen LogP contribution in [-0.4, -0.2) is 30.6 Å². The Bertz CT molecular complexity index is 414. The van der Waals surface area contributed by atoms with Gasteiger partial charge in [0, 0.05) is 18.5 Å². The third-order valence-corrected chi connectivity index (χ3v) is 2.71. The molecule has 0 aliphatic heterocycles. The zero-order valence-corrected chi connectivity index (χ0v) is 11.0. The maximum absolute atomic E-state index is 11.7. The summed E-state index contributed by atoms with van der Waals surface area (Å²) in [4.78, 5) is 22.0. The smallest absolute Gasteiger partial charge is 0.303 e. The van der Waals surface area contributed by atoms with Crippen molar-refractivity contribution in [2.24, 2.45) is 0 Å². The quantitative estimate of drug-likeness (QED) is 0.705. The highest BCUT2D eigenvalue weighted by Crippen LogP contribution is 2.11. The average molecular weight is 265 g/mol. The number of hydrogen-bond donors (Lipinski definition) is 2. The molecule has 5 heteroatoms. The van der Waals surface area contributed by atoms with Crippen LogP contribution >= 0.6 is 0 Å². The Balaban J connectivity index is 2.21. The molecule has 0 saturated heterocycles. The fourth-order valence-electron chi connectivity index (χ4n) is 1.62. The minimum atomic E-state index is -0.776. The van der Waals surface area contributed by atoms with Crippen LogP contribution in [0.5, 0.6) is 5.75 Å². The number of rotatable bonds is 8. The van der Waals surface area contributed by atoms with Crippen molar-refractivity contribution in [2.45, 2.75) is 25.7 Å². The molecule has 0 radical (unpaired) electrons. The van der Waals surface area contributed by atoms with E-state index in [0.717, 1.165) is 12.8 Å². The fourth-order valence-corrected chi connectivity index (χ4v) is 1.62. The van der Waals surface area contributed by atoms with Crippen LogP contribution in [0.15, 0.2) is 24.3 Å². The summed E-state index contributed by atoms with van der Waals surface area (Å²) < 4.78 is 5.01. The number of ether oxygens (including phenoxy) is 1. The summed E-state index contributed by atoms with van der Waals surface area (Å²) in [5.74, 6) is -0.187. The number of aliphatic carboxylic acids is 1. The van der Waals surface area contributed by atoms with Crippen LogP contribution in [0.1, 0.15) is 36.0 Å². The summed E-state index contributed by atoms with van der Waals surface area (Å²) >= 11 is 0. The second-order valence-electron chi connectivity index (χ2n) is 4.19. The summed E-state index contributed by atoms with van der Waals surface area (Å²) in [6, 6.07) is 6.89. The van der Waals surface area contributed by atoms with E-state index in [-0.39, 0.29) is 12.3 Å². The third-order valence-electron chi connectivity index (χ3n) is 2.71. The molecule has 0 fully saturated rings. The summed E-state index contributed by atoms with van der Waals surface area (Å²) in [7, 11) is 1.58. The van der Waals surface area contributed by atoms with Gasteiger partial charge in [0.05, 0.1) is 7.11 Å². The Labute approximate surface area is 112 Å². The maximum atomic E-state index is 11.7. The van der Waals surface area contributed by atoms with Crippen molar-refractivity contribution in [1.29, 1.82) is 0 Å². The van der Waals surface area contributed by atoms with Gasteiger partial charge in [-0.1, -0.05) is 6.42 Å². The molecule has 0 atom stereocenters.